The van der Waals surface area contributed by atoms with Crippen LogP contribution in [0.2, 0.25) is 0 Å². The molecule has 1 aromatic heterocycles. The first kappa shape index (κ1) is 9.45. The van der Waals surface area contributed by atoms with Gasteiger partial charge in [-0.2, -0.15) is 0 Å². The molecule has 2 heterocycles. The van der Waals surface area contributed by atoms with E-state index in [2.05, 4.69) is 10.5 Å². The van der Waals surface area contributed by atoms with Crippen LogP contribution in [0.1, 0.15) is 17.7 Å². The van der Waals surface area contributed by atoms with E-state index in [4.69, 9.17) is 9.63 Å². The third-order valence-corrected chi connectivity index (χ3v) is 2.15. The number of hydrogen-bond acceptors (Lipinski definition) is 4. The number of aryl methyl sites for hydroxylation is 1. The highest BCUT2D eigenvalue weighted by molar-refractivity contribution is 6.08. The lowest BCUT2D eigenvalue weighted by Crippen LogP contribution is -2.14. The summed E-state index contributed by atoms with van der Waals surface area (Å²) in [6, 6.07) is 0. The van der Waals surface area contributed by atoms with E-state index < -0.39 is 5.97 Å². The Hall–Kier alpha value is -2.11. The molecule has 15 heavy (non-hydrogen) atoms. The average molecular weight is 208 g/mol. The summed E-state index contributed by atoms with van der Waals surface area (Å²) in [6.07, 6.45) is 1.27. The molecule has 0 fully saturated rings. The predicted molar refractivity (Wildman–Crippen MR) is 48.6 cm³/mol. The fourth-order valence-electron chi connectivity index (χ4n) is 1.42. The molecule has 6 heteroatoms. The molecule has 0 unspecified atom stereocenters. The first-order valence-electron chi connectivity index (χ1n) is 4.27. The molecule has 1 amide bonds. The van der Waals surface area contributed by atoms with Gasteiger partial charge in [-0.25, -0.2) is 4.79 Å². The molecule has 2 N–H and O–H groups in total. The van der Waals surface area contributed by atoms with Gasteiger partial charge < -0.3 is 14.9 Å². The fraction of sp³-hybridized carbons (Fsp3) is 0.222. The standard InChI is InChI=1S/C9H8N2O4/c1-4-3-15-11-7(4)8-5(9(13)14)2-6(12)10-8/h3H,2H2,1H3,(H,10,12)(H,13,14). The van der Waals surface area contributed by atoms with Crippen LogP contribution in [0.25, 0.3) is 5.70 Å². The second kappa shape index (κ2) is 3.23. The topological polar surface area (TPSA) is 92.4 Å². The number of aromatic nitrogens is 1. The van der Waals surface area contributed by atoms with E-state index in [1.54, 1.807) is 6.92 Å². The van der Waals surface area contributed by atoms with Crippen molar-refractivity contribution in [3.63, 3.8) is 0 Å². The van der Waals surface area contributed by atoms with E-state index in [1.807, 2.05) is 0 Å². The van der Waals surface area contributed by atoms with E-state index in [-0.39, 0.29) is 23.6 Å². The maximum Gasteiger partial charge on any atom is 0.334 e. The Morgan fingerprint density at radius 3 is 2.93 bits per heavy atom. The number of carbonyl (C=O) groups excluding carboxylic acids is 1. The van der Waals surface area contributed by atoms with Crippen molar-refractivity contribution in [2.75, 3.05) is 0 Å². The molecule has 0 spiro atoms. The van der Waals surface area contributed by atoms with Crippen LogP contribution >= 0.6 is 0 Å². The van der Waals surface area contributed by atoms with Crippen LogP contribution in [-0.4, -0.2) is 22.1 Å². The number of nitrogens with zero attached hydrogens (tertiary/aromatic N) is 1. The summed E-state index contributed by atoms with van der Waals surface area (Å²) < 4.78 is 4.69. The number of carboxylic acid groups (broad SMARTS) is 1. The molecule has 78 valence electrons. The number of carbonyl (C=O) groups is 2. The monoisotopic (exact) mass is 208 g/mol. The van der Waals surface area contributed by atoms with Crippen LogP contribution in [0.5, 0.6) is 0 Å². The van der Waals surface area contributed by atoms with Crippen molar-refractivity contribution < 1.29 is 19.2 Å². The zero-order chi connectivity index (χ0) is 11.0. The van der Waals surface area contributed by atoms with E-state index in [0.717, 1.165) is 0 Å². The van der Waals surface area contributed by atoms with Gasteiger partial charge in [0, 0.05) is 5.56 Å². The number of rotatable bonds is 2. The van der Waals surface area contributed by atoms with Gasteiger partial charge >= 0.3 is 5.97 Å². The molecule has 0 saturated carbocycles. The van der Waals surface area contributed by atoms with Crippen molar-refractivity contribution in [1.29, 1.82) is 0 Å². The van der Waals surface area contributed by atoms with Gasteiger partial charge in [0.15, 0.2) is 0 Å². The van der Waals surface area contributed by atoms with Crippen LogP contribution in [-0.2, 0) is 9.59 Å². The van der Waals surface area contributed by atoms with E-state index in [1.165, 1.54) is 6.26 Å². The van der Waals surface area contributed by atoms with Crippen molar-refractivity contribution in [1.82, 2.24) is 10.5 Å². The second-order valence-electron chi connectivity index (χ2n) is 3.23. The van der Waals surface area contributed by atoms with Crippen molar-refractivity contribution in [2.24, 2.45) is 0 Å². The van der Waals surface area contributed by atoms with Crippen LogP contribution in [0.15, 0.2) is 16.4 Å². The lowest BCUT2D eigenvalue weighted by atomic mass is 10.1. The molecule has 1 aliphatic rings. The molecule has 0 aromatic carbocycles. The molecule has 1 aliphatic heterocycles. The summed E-state index contributed by atoms with van der Waals surface area (Å²) in [5, 5.41) is 15.0. The van der Waals surface area contributed by atoms with Crippen LogP contribution in [0.3, 0.4) is 0 Å². The highest BCUT2D eigenvalue weighted by Crippen LogP contribution is 2.25. The summed E-state index contributed by atoms with van der Waals surface area (Å²) in [5.41, 5.74) is 1.32. The maximum absolute atomic E-state index is 11.1. The third kappa shape index (κ3) is 1.50. The zero-order valence-corrected chi connectivity index (χ0v) is 7.90. The second-order valence-corrected chi connectivity index (χ2v) is 3.23. The third-order valence-electron chi connectivity index (χ3n) is 2.15. The van der Waals surface area contributed by atoms with Gasteiger partial charge in [0.1, 0.15) is 12.0 Å². The minimum atomic E-state index is -1.12. The number of amides is 1. The van der Waals surface area contributed by atoms with E-state index in [0.29, 0.717) is 11.3 Å². The highest BCUT2D eigenvalue weighted by Gasteiger charge is 2.29. The summed E-state index contributed by atoms with van der Waals surface area (Å²) in [6.45, 7) is 1.72. The molecule has 0 radical (unpaired) electrons. The Kier molecular flexibility index (Phi) is 2.03. The molecule has 0 aliphatic carbocycles. The van der Waals surface area contributed by atoms with E-state index in [9.17, 15) is 9.59 Å². The number of aliphatic carboxylic acids is 1. The molecular formula is C9H8N2O4. The molecule has 1 aromatic rings. The fourth-order valence-corrected chi connectivity index (χ4v) is 1.42. The Labute approximate surface area is 84.6 Å². The van der Waals surface area contributed by atoms with Crippen molar-refractivity contribution >= 4 is 17.6 Å². The average Bonchev–Trinajstić information content (AvgIpc) is 2.71. The highest BCUT2D eigenvalue weighted by atomic mass is 16.5. The quantitative estimate of drug-likeness (QED) is 0.729. The predicted octanol–water partition coefficient (Wildman–Crippen LogP) is 0.299. The summed E-state index contributed by atoms with van der Waals surface area (Å²) in [4.78, 5) is 22.0. The molecule has 2 rings (SSSR count). The molecule has 0 atom stereocenters. The molecule has 6 nitrogen and oxygen atoms in total. The molecular weight excluding hydrogens is 200 g/mol. The first-order valence-corrected chi connectivity index (χ1v) is 4.27. The van der Waals surface area contributed by atoms with Crippen molar-refractivity contribution in [3.05, 3.63) is 23.1 Å². The maximum atomic E-state index is 11.1. The Morgan fingerprint density at radius 2 is 2.40 bits per heavy atom. The summed E-state index contributed by atoms with van der Waals surface area (Å²) >= 11 is 0. The Bertz CT molecular complexity index is 472. The zero-order valence-electron chi connectivity index (χ0n) is 7.90. The van der Waals surface area contributed by atoms with Gasteiger partial charge in [0.25, 0.3) is 0 Å². The normalized spacial score (nSPS) is 15.7. The minimum absolute atomic E-state index is 0.0250. The van der Waals surface area contributed by atoms with Crippen LogP contribution < -0.4 is 5.32 Å². The van der Waals surface area contributed by atoms with Gasteiger partial charge in [-0.3, -0.25) is 4.79 Å². The van der Waals surface area contributed by atoms with Crippen LogP contribution in [0, 0.1) is 6.92 Å². The van der Waals surface area contributed by atoms with Gasteiger partial charge in [-0.1, -0.05) is 5.16 Å². The smallest absolute Gasteiger partial charge is 0.334 e. The minimum Gasteiger partial charge on any atom is -0.478 e. The van der Waals surface area contributed by atoms with Gasteiger partial charge in [-0.05, 0) is 6.92 Å². The van der Waals surface area contributed by atoms with Crippen molar-refractivity contribution in [3.8, 4) is 0 Å². The lowest BCUT2D eigenvalue weighted by Gasteiger charge is -2.00. The van der Waals surface area contributed by atoms with E-state index >= 15 is 0 Å². The summed E-state index contributed by atoms with van der Waals surface area (Å²) in [5.74, 6) is -1.46. The van der Waals surface area contributed by atoms with Gasteiger partial charge in [0.2, 0.25) is 5.91 Å². The SMILES string of the molecule is Cc1conc1C1=C(C(=O)O)CC(=O)N1. The number of hydrogen-bond donors (Lipinski definition) is 2. The van der Waals surface area contributed by atoms with Gasteiger partial charge in [0.05, 0.1) is 17.7 Å². The Morgan fingerprint density at radius 1 is 1.67 bits per heavy atom. The Balaban J connectivity index is 2.51. The number of nitrogens with one attached hydrogen (secondary N) is 1. The summed E-state index contributed by atoms with van der Waals surface area (Å²) in [7, 11) is 0. The van der Waals surface area contributed by atoms with Crippen molar-refractivity contribution in [2.45, 2.75) is 13.3 Å². The lowest BCUT2D eigenvalue weighted by molar-refractivity contribution is -0.133. The van der Waals surface area contributed by atoms with Crippen LogP contribution in [0.4, 0.5) is 0 Å². The first-order chi connectivity index (χ1) is 7.09. The number of carboxylic acids is 1. The largest absolute Gasteiger partial charge is 0.478 e. The molecule has 0 saturated heterocycles. The van der Waals surface area contributed by atoms with Gasteiger partial charge in [-0.15, -0.1) is 0 Å². The molecule has 0 bridgehead atoms.